The summed E-state index contributed by atoms with van der Waals surface area (Å²) in [4.78, 5) is 17.2. The van der Waals surface area contributed by atoms with Gasteiger partial charge in [-0.1, -0.05) is 50.6 Å². The summed E-state index contributed by atoms with van der Waals surface area (Å²) >= 11 is 6.51. The molecule has 0 saturated heterocycles. The summed E-state index contributed by atoms with van der Waals surface area (Å²) in [5.74, 6) is 0.212. The number of esters is 1. The molecule has 3 heterocycles. The lowest BCUT2D eigenvalue weighted by Gasteiger charge is -2.20. The number of rotatable bonds is 4. The van der Waals surface area contributed by atoms with Crippen LogP contribution in [0.3, 0.4) is 0 Å². The van der Waals surface area contributed by atoms with Gasteiger partial charge in [0.25, 0.3) is 0 Å². The average molecular weight is 453 g/mol. The second-order valence-electron chi connectivity index (χ2n) is 8.50. The molecule has 166 valence electrons. The van der Waals surface area contributed by atoms with E-state index in [9.17, 15) is 4.79 Å². The SMILES string of the molecule is CCOC(=O)c1cnn(-c2cc(C(C)(C)C)nc3c(-c4ccccc4Cl)c(C)nn23)c1N. The van der Waals surface area contributed by atoms with Gasteiger partial charge in [0.1, 0.15) is 11.4 Å². The summed E-state index contributed by atoms with van der Waals surface area (Å²) in [6, 6.07) is 9.47. The van der Waals surface area contributed by atoms with Crippen molar-refractivity contribution in [2.45, 2.75) is 40.0 Å². The molecule has 32 heavy (non-hydrogen) atoms. The fourth-order valence-corrected chi connectivity index (χ4v) is 3.76. The topological polar surface area (TPSA) is 100 Å². The summed E-state index contributed by atoms with van der Waals surface area (Å²) in [7, 11) is 0. The number of aromatic nitrogens is 5. The summed E-state index contributed by atoms with van der Waals surface area (Å²) in [5.41, 5.74) is 10.1. The van der Waals surface area contributed by atoms with Crippen molar-refractivity contribution in [3.8, 4) is 16.9 Å². The number of nitrogens with zero attached hydrogens (tertiary/aromatic N) is 5. The number of hydrogen-bond donors (Lipinski definition) is 1. The Bertz CT molecular complexity index is 1330. The minimum Gasteiger partial charge on any atom is -0.462 e. The molecule has 0 amide bonds. The first-order valence-electron chi connectivity index (χ1n) is 10.3. The predicted molar refractivity (Wildman–Crippen MR) is 124 cm³/mol. The van der Waals surface area contributed by atoms with E-state index in [1.165, 1.54) is 10.9 Å². The lowest BCUT2D eigenvalue weighted by molar-refractivity contribution is 0.0527. The predicted octanol–water partition coefficient (Wildman–Crippen LogP) is 4.60. The highest BCUT2D eigenvalue weighted by molar-refractivity contribution is 6.33. The van der Waals surface area contributed by atoms with E-state index >= 15 is 0 Å². The molecular weight excluding hydrogens is 428 g/mol. The third-order valence-corrected chi connectivity index (χ3v) is 5.51. The minimum absolute atomic E-state index is 0.170. The molecule has 0 aliphatic carbocycles. The number of ether oxygens (including phenoxy) is 1. The van der Waals surface area contributed by atoms with Gasteiger partial charge >= 0.3 is 5.97 Å². The summed E-state index contributed by atoms with van der Waals surface area (Å²) < 4.78 is 8.26. The van der Waals surface area contributed by atoms with E-state index < -0.39 is 5.97 Å². The largest absolute Gasteiger partial charge is 0.462 e. The normalized spacial score (nSPS) is 11.8. The smallest absolute Gasteiger partial charge is 0.343 e. The molecule has 8 nitrogen and oxygen atoms in total. The van der Waals surface area contributed by atoms with E-state index in [1.54, 1.807) is 11.4 Å². The second-order valence-corrected chi connectivity index (χ2v) is 8.91. The molecule has 0 atom stereocenters. The summed E-state index contributed by atoms with van der Waals surface area (Å²) in [6.07, 6.45) is 1.40. The zero-order chi connectivity index (χ0) is 23.2. The van der Waals surface area contributed by atoms with Crippen LogP contribution in [0.1, 0.15) is 49.4 Å². The number of anilines is 1. The second kappa shape index (κ2) is 7.94. The van der Waals surface area contributed by atoms with Crippen molar-refractivity contribution in [2.24, 2.45) is 0 Å². The van der Waals surface area contributed by atoms with Crippen molar-refractivity contribution in [2.75, 3.05) is 12.3 Å². The Balaban J connectivity index is 2.04. The van der Waals surface area contributed by atoms with E-state index in [0.717, 1.165) is 22.5 Å². The molecule has 0 radical (unpaired) electrons. The number of halogens is 1. The van der Waals surface area contributed by atoms with Gasteiger partial charge in [0, 0.05) is 22.1 Å². The van der Waals surface area contributed by atoms with Crippen LogP contribution < -0.4 is 5.73 Å². The molecule has 0 unspecified atom stereocenters. The first-order valence-corrected chi connectivity index (χ1v) is 10.7. The van der Waals surface area contributed by atoms with Crippen LogP contribution in [0, 0.1) is 6.92 Å². The maximum absolute atomic E-state index is 12.3. The number of carbonyl (C=O) groups is 1. The molecule has 0 bridgehead atoms. The standard InChI is InChI=1S/C23H25ClN6O2/c1-6-32-22(31)15-12-26-29(20(15)25)18-11-17(23(3,4)5)27-21-19(13(2)28-30(18)21)14-9-7-8-10-16(14)24/h7-12H,6,25H2,1-5H3. The van der Waals surface area contributed by atoms with Crippen molar-refractivity contribution < 1.29 is 9.53 Å². The summed E-state index contributed by atoms with van der Waals surface area (Å²) in [6.45, 7) is 10.1. The van der Waals surface area contributed by atoms with Gasteiger partial charge in [-0.05, 0) is 19.9 Å². The van der Waals surface area contributed by atoms with Gasteiger partial charge < -0.3 is 10.5 Å². The van der Waals surface area contributed by atoms with Gasteiger partial charge in [-0.2, -0.15) is 19.4 Å². The third-order valence-electron chi connectivity index (χ3n) is 5.18. The van der Waals surface area contributed by atoms with Crippen molar-refractivity contribution in [1.29, 1.82) is 0 Å². The molecular formula is C23H25ClN6O2. The molecule has 0 spiro atoms. The van der Waals surface area contributed by atoms with Crippen LogP contribution in [0.25, 0.3) is 22.6 Å². The molecule has 3 aromatic heterocycles. The number of carbonyl (C=O) groups excluding carboxylic acids is 1. The zero-order valence-corrected chi connectivity index (χ0v) is 19.4. The highest BCUT2D eigenvalue weighted by Crippen LogP contribution is 2.35. The maximum Gasteiger partial charge on any atom is 0.343 e. The lowest BCUT2D eigenvalue weighted by atomic mass is 9.92. The molecule has 0 aliphatic heterocycles. The van der Waals surface area contributed by atoms with E-state index in [1.807, 2.05) is 37.3 Å². The molecule has 9 heteroatoms. The van der Waals surface area contributed by atoms with Gasteiger partial charge in [-0.15, -0.1) is 0 Å². The Kier molecular flexibility index (Phi) is 5.42. The van der Waals surface area contributed by atoms with Gasteiger partial charge in [0.2, 0.25) is 0 Å². The highest BCUT2D eigenvalue weighted by Gasteiger charge is 2.26. The first kappa shape index (κ1) is 21.8. The van der Waals surface area contributed by atoms with Gasteiger partial charge in [-0.3, -0.25) is 0 Å². The maximum atomic E-state index is 12.3. The quantitative estimate of drug-likeness (QED) is 0.454. The molecule has 0 fully saturated rings. The van der Waals surface area contributed by atoms with Crippen molar-refractivity contribution in [1.82, 2.24) is 24.4 Å². The molecule has 2 N–H and O–H groups in total. The Morgan fingerprint density at radius 1 is 1.25 bits per heavy atom. The fourth-order valence-electron chi connectivity index (χ4n) is 3.53. The molecule has 0 aliphatic rings. The number of nitrogens with two attached hydrogens (primary N) is 1. The number of nitrogen functional groups attached to an aromatic ring is 1. The van der Waals surface area contributed by atoms with Crippen molar-refractivity contribution in [3.05, 3.63) is 58.5 Å². The minimum atomic E-state index is -0.522. The van der Waals surface area contributed by atoms with Crippen LogP contribution in [-0.4, -0.2) is 37.0 Å². The highest BCUT2D eigenvalue weighted by atomic mass is 35.5. The monoisotopic (exact) mass is 452 g/mol. The van der Waals surface area contributed by atoms with Crippen LogP contribution in [0.5, 0.6) is 0 Å². The average Bonchev–Trinajstić information content (AvgIpc) is 3.26. The van der Waals surface area contributed by atoms with Crippen molar-refractivity contribution in [3.63, 3.8) is 0 Å². The Morgan fingerprint density at radius 2 is 1.97 bits per heavy atom. The number of fused-ring (bicyclic) bond motifs is 1. The number of benzene rings is 1. The zero-order valence-electron chi connectivity index (χ0n) is 18.7. The molecule has 4 aromatic rings. The molecule has 4 rings (SSSR count). The van der Waals surface area contributed by atoms with E-state index in [2.05, 4.69) is 25.9 Å². The van der Waals surface area contributed by atoms with Gasteiger partial charge in [0.15, 0.2) is 11.5 Å². The summed E-state index contributed by atoms with van der Waals surface area (Å²) in [5, 5.41) is 9.70. The lowest BCUT2D eigenvalue weighted by Crippen LogP contribution is -2.18. The van der Waals surface area contributed by atoms with Crippen LogP contribution in [-0.2, 0) is 10.2 Å². The van der Waals surface area contributed by atoms with Crippen LogP contribution in [0.15, 0.2) is 36.5 Å². The molecule has 1 aromatic carbocycles. The van der Waals surface area contributed by atoms with Crippen LogP contribution >= 0.6 is 11.6 Å². The number of aryl methyl sites for hydroxylation is 1. The van der Waals surface area contributed by atoms with Gasteiger partial charge in [0.05, 0.1) is 29.8 Å². The fraction of sp³-hybridized carbons (Fsp3) is 0.304. The van der Waals surface area contributed by atoms with Crippen LogP contribution in [0.2, 0.25) is 5.02 Å². The Labute approximate surface area is 191 Å². The van der Waals surface area contributed by atoms with Crippen molar-refractivity contribution >= 4 is 29.0 Å². The van der Waals surface area contributed by atoms with Gasteiger partial charge in [-0.25, -0.2) is 9.78 Å². The Morgan fingerprint density at radius 3 is 2.62 bits per heavy atom. The van der Waals surface area contributed by atoms with Crippen LogP contribution in [0.4, 0.5) is 5.82 Å². The van der Waals surface area contributed by atoms with E-state index in [0.29, 0.717) is 16.5 Å². The van der Waals surface area contributed by atoms with E-state index in [4.69, 9.17) is 32.2 Å². The number of hydrogen-bond acceptors (Lipinski definition) is 6. The van der Waals surface area contributed by atoms with E-state index in [-0.39, 0.29) is 23.4 Å². The Hall–Kier alpha value is -3.39. The third kappa shape index (κ3) is 3.60. The first-order chi connectivity index (χ1) is 15.1. The molecule has 0 saturated carbocycles.